The quantitative estimate of drug-likeness (QED) is 0.744. The van der Waals surface area contributed by atoms with Crippen molar-refractivity contribution in [3.63, 3.8) is 0 Å². The van der Waals surface area contributed by atoms with Gasteiger partial charge in [0.05, 0.1) is 12.9 Å². The molecule has 3 unspecified atom stereocenters. The second-order valence-corrected chi connectivity index (χ2v) is 4.01. The molecule has 1 aromatic heterocycles. The second kappa shape index (κ2) is 4.15. The van der Waals surface area contributed by atoms with Crippen LogP contribution in [-0.2, 0) is 4.74 Å². The second-order valence-electron chi connectivity index (χ2n) is 4.01. The molecule has 1 aliphatic heterocycles. The molecule has 1 saturated heterocycles. The molecule has 3 heteroatoms. The Morgan fingerprint density at radius 2 is 2.29 bits per heavy atom. The molecule has 78 valence electrons. The SMILES string of the molecule is CC1COC(c2ccco2)CNC1C. The molecule has 0 bridgehead atoms. The molecule has 14 heavy (non-hydrogen) atoms. The van der Waals surface area contributed by atoms with Crippen molar-refractivity contribution in [2.45, 2.75) is 26.0 Å². The van der Waals surface area contributed by atoms with E-state index in [1.807, 2.05) is 12.1 Å². The molecule has 0 spiro atoms. The van der Waals surface area contributed by atoms with Gasteiger partial charge in [-0.1, -0.05) is 6.92 Å². The van der Waals surface area contributed by atoms with Crippen molar-refractivity contribution < 1.29 is 9.15 Å². The third-order valence-corrected chi connectivity index (χ3v) is 2.90. The van der Waals surface area contributed by atoms with Gasteiger partial charge in [0.25, 0.3) is 0 Å². The lowest BCUT2D eigenvalue weighted by Crippen LogP contribution is -2.32. The fourth-order valence-electron chi connectivity index (χ4n) is 1.62. The normalized spacial score (nSPS) is 34.0. The van der Waals surface area contributed by atoms with Crippen LogP contribution in [-0.4, -0.2) is 19.2 Å². The van der Waals surface area contributed by atoms with Crippen LogP contribution in [0.4, 0.5) is 0 Å². The third kappa shape index (κ3) is 1.99. The first kappa shape index (κ1) is 9.74. The predicted octanol–water partition coefficient (Wildman–Crippen LogP) is 1.97. The smallest absolute Gasteiger partial charge is 0.133 e. The molecule has 0 aliphatic carbocycles. The fourth-order valence-corrected chi connectivity index (χ4v) is 1.62. The Kier molecular flexibility index (Phi) is 2.89. The zero-order chi connectivity index (χ0) is 9.97. The Balaban J connectivity index is 2.02. The van der Waals surface area contributed by atoms with E-state index in [2.05, 4.69) is 19.2 Å². The summed E-state index contributed by atoms with van der Waals surface area (Å²) < 4.78 is 11.1. The van der Waals surface area contributed by atoms with E-state index in [9.17, 15) is 0 Å². The number of rotatable bonds is 1. The maximum absolute atomic E-state index is 5.77. The van der Waals surface area contributed by atoms with Gasteiger partial charge in [-0.25, -0.2) is 0 Å². The van der Waals surface area contributed by atoms with E-state index in [4.69, 9.17) is 9.15 Å². The minimum Gasteiger partial charge on any atom is -0.467 e. The minimum atomic E-state index is 0.0670. The number of furan rings is 1. The van der Waals surface area contributed by atoms with Crippen molar-refractivity contribution >= 4 is 0 Å². The van der Waals surface area contributed by atoms with Gasteiger partial charge in [0, 0.05) is 12.6 Å². The molecule has 2 rings (SSSR count). The van der Waals surface area contributed by atoms with Crippen LogP contribution in [0, 0.1) is 5.92 Å². The lowest BCUT2D eigenvalue weighted by molar-refractivity contribution is 0.0361. The van der Waals surface area contributed by atoms with Crippen LogP contribution in [0.25, 0.3) is 0 Å². The Morgan fingerprint density at radius 1 is 1.43 bits per heavy atom. The molecule has 1 aromatic rings. The van der Waals surface area contributed by atoms with Gasteiger partial charge in [0.1, 0.15) is 11.9 Å². The number of nitrogens with one attached hydrogen (secondary N) is 1. The molecule has 2 heterocycles. The van der Waals surface area contributed by atoms with Crippen LogP contribution in [0.15, 0.2) is 22.8 Å². The van der Waals surface area contributed by atoms with Crippen LogP contribution in [0.3, 0.4) is 0 Å². The largest absolute Gasteiger partial charge is 0.467 e. The summed E-state index contributed by atoms with van der Waals surface area (Å²) in [7, 11) is 0. The molecule has 0 amide bonds. The van der Waals surface area contributed by atoms with Gasteiger partial charge in [0.2, 0.25) is 0 Å². The van der Waals surface area contributed by atoms with Crippen molar-refractivity contribution in [3.05, 3.63) is 24.2 Å². The maximum Gasteiger partial charge on any atom is 0.133 e. The van der Waals surface area contributed by atoms with Crippen molar-refractivity contribution in [1.82, 2.24) is 5.32 Å². The first-order valence-corrected chi connectivity index (χ1v) is 5.15. The summed E-state index contributed by atoms with van der Waals surface area (Å²) in [6.07, 6.45) is 1.76. The van der Waals surface area contributed by atoms with Gasteiger partial charge in [-0.15, -0.1) is 0 Å². The highest BCUT2D eigenvalue weighted by Gasteiger charge is 2.23. The van der Waals surface area contributed by atoms with Crippen LogP contribution in [0.1, 0.15) is 25.7 Å². The Labute approximate surface area is 84.4 Å². The Hall–Kier alpha value is -0.800. The number of hydrogen-bond acceptors (Lipinski definition) is 3. The Bertz CT molecular complexity index is 259. The molecule has 1 fully saturated rings. The monoisotopic (exact) mass is 195 g/mol. The van der Waals surface area contributed by atoms with Gasteiger partial charge >= 0.3 is 0 Å². The number of ether oxygens (including phenoxy) is 1. The van der Waals surface area contributed by atoms with Crippen molar-refractivity contribution in [2.75, 3.05) is 13.2 Å². The number of hydrogen-bond donors (Lipinski definition) is 1. The van der Waals surface area contributed by atoms with Gasteiger partial charge in [-0.2, -0.15) is 0 Å². The molecular weight excluding hydrogens is 178 g/mol. The zero-order valence-electron chi connectivity index (χ0n) is 8.69. The standard InChI is InChI=1S/C11H17NO2/c1-8-7-14-11(6-12-9(8)2)10-4-3-5-13-10/h3-5,8-9,11-12H,6-7H2,1-2H3. The highest BCUT2D eigenvalue weighted by Crippen LogP contribution is 2.21. The first-order chi connectivity index (χ1) is 6.77. The van der Waals surface area contributed by atoms with E-state index in [0.29, 0.717) is 12.0 Å². The topological polar surface area (TPSA) is 34.4 Å². The van der Waals surface area contributed by atoms with E-state index in [1.54, 1.807) is 6.26 Å². The molecule has 1 N–H and O–H groups in total. The summed E-state index contributed by atoms with van der Waals surface area (Å²) in [6.45, 7) is 6.01. The van der Waals surface area contributed by atoms with E-state index in [1.165, 1.54) is 0 Å². The van der Waals surface area contributed by atoms with E-state index in [-0.39, 0.29) is 6.10 Å². The fraction of sp³-hybridized carbons (Fsp3) is 0.636. The minimum absolute atomic E-state index is 0.0670. The average molecular weight is 195 g/mol. The molecule has 0 radical (unpaired) electrons. The van der Waals surface area contributed by atoms with Gasteiger partial charge in [-0.05, 0) is 25.0 Å². The molecule has 1 aliphatic rings. The van der Waals surface area contributed by atoms with Gasteiger partial charge < -0.3 is 14.5 Å². The third-order valence-electron chi connectivity index (χ3n) is 2.90. The van der Waals surface area contributed by atoms with E-state index >= 15 is 0 Å². The molecule has 0 aromatic carbocycles. The summed E-state index contributed by atoms with van der Waals surface area (Å²) in [5, 5.41) is 3.45. The van der Waals surface area contributed by atoms with Crippen LogP contribution in [0.5, 0.6) is 0 Å². The van der Waals surface area contributed by atoms with E-state index < -0.39 is 0 Å². The maximum atomic E-state index is 5.77. The highest BCUT2D eigenvalue weighted by atomic mass is 16.5. The van der Waals surface area contributed by atoms with Crippen molar-refractivity contribution in [2.24, 2.45) is 5.92 Å². The lowest BCUT2D eigenvalue weighted by atomic mass is 10.1. The lowest BCUT2D eigenvalue weighted by Gasteiger charge is -2.15. The zero-order valence-corrected chi connectivity index (χ0v) is 8.69. The van der Waals surface area contributed by atoms with Crippen molar-refractivity contribution in [3.8, 4) is 0 Å². The first-order valence-electron chi connectivity index (χ1n) is 5.15. The summed E-state index contributed by atoms with van der Waals surface area (Å²) >= 11 is 0. The molecular formula is C11H17NO2. The van der Waals surface area contributed by atoms with Crippen molar-refractivity contribution in [1.29, 1.82) is 0 Å². The Morgan fingerprint density at radius 3 is 3.00 bits per heavy atom. The predicted molar refractivity (Wildman–Crippen MR) is 54.0 cm³/mol. The van der Waals surface area contributed by atoms with Crippen LogP contribution in [0.2, 0.25) is 0 Å². The summed E-state index contributed by atoms with van der Waals surface area (Å²) in [4.78, 5) is 0. The molecule has 3 nitrogen and oxygen atoms in total. The summed E-state index contributed by atoms with van der Waals surface area (Å²) in [6, 6.07) is 4.37. The highest BCUT2D eigenvalue weighted by molar-refractivity contribution is 5.03. The van der Waals surface area contributed by atoms with Gasteiger partial charge in [0.15, 0.2) is 0 Å². The van der Waals surface area contributed by atoms with Crippen LogP contribution < -0.4 is 5.32 Å². The molecule has 0 saturated carbocycles. The summed E-state index contributed by atoms with van der Waals surface area (Å²) in [5.74, 6) is 1.47. The van der Waals surface area contributed by atoms with Crippen LogP contribution >= 0.6 is 0 Å². The van der Waals surface area contributed by atoms with E-state index in [0.717, 1.165) is 18.9 Å². The molecule has 3 atom stereocenters. The summed E-state index contributed by atoms with van der Waals surface area (Å²) in [5.41, 5.74) is 0. The van der Waals surface area contributed by atoms with Gasteiger partial charge in [-0.3, -0.25) is 0 Å². The average Bonchev–Trinajstić information content (AvgIpc) is 2.65.